The predicted octanol–water partition coefficient (Wildman–Crippen LogP) is 5.45. The molecule has 0 radical (unpaired) electrons. The molecule has 1 aromatic carbocycles. The highest BCUT2D eigenvalue weighted by Gasteiger charge is 2.07. The van der Waals surface area contributed by atoms with Crippen molar-refractivity contribution >= 4 is 34.9 Å². The zero-order valence-electron chi connectivity index (χ0n) is 12.3. The maximum atomic E-state index is 4.24. The van der Waals surface area contributed by atoms with Gasteiger partial charge in [-0.25, -0.2) is 0 Å². The monoisotopic (exact) mass is 324 g/mol. The summed E-state index contributed by atoms with van der Waals surface area (Å²) >= 11 is 5.24. The van der Waals surface area contributed by atoms with Crippen molar-refractivity contribution in [2.75, 3.05) is 0 Å². The molecule has 1 aromatic heterocycles. The third-order valence-electron chi connectivity index (χ3n) is 2.73. The van der Waals surface area contributed by atoms with Gasteiger partial charge in [-0.2, -0.15) is 0 Å². The molecule has 0 aliphatic heterocycles. The molecule has 0 aliphatic rings. The molecule has 0 saturated heterocycles. The summed E-state index contributed by atoms with van der Waals surface area (Å²) in [5.74, 6) is 1.55. The maximum absolute atomic E-state index is 4.24. The Balaban J connectivity index is 1.89. The van der Waals surface area contributed by atoms with Gasteiger partial charge in [0, 0.05) is 11.0 Å². The van der Waals surface area contributed by atoms with Crippen LogP contribution in [0.4, 0.5) is 0 Å². The van der Waals surface area contributed by atoms with Gasteiger partial charge in [-0.1, -0.05) is 86.8 Å². The van der Waals surface area contributed by atoms with Crippen LogP contribution in [-0.4, -0.2) is 15.4 Å². The maximum Gasteiger partial charge on any atom is 0.175 e. The van der Waals surface area contributed by atoms with Crippen LogP contribution in [0, 0.1) is 0 Å². The van der Waals surface area contributed by atoms with Crippen LogP contribution in [0.2, 0.25) is 0 Å². The summed E-state index contributed by atoms with van der Waals surface area (Å²) in [6, 6.07) is 8.88. The van der Waals surface area contributed by atoms with Crippen molar-refractivity contribution in [3.63, 3.8) is 0 Å². The van der Waals surface area contributed by atoms with Crippen molar-refractivity contribution in [3.8, 4) is 0 Å². The van der Waals surface area contributed by atoms with E-state index in [0.29, 0.717) is 11.2 Å². The average Bonchev–Trinajstić information content (AvgIpc) is 2.83. The van der Waals surface area contributed by atoms with Crippen LogP contribution < -0.4 is 0 Å². The molecule has 108 valence electrons. The fraction of sp³-hybridized carbons (Fsp3) is 0.467. The Morgan fingerprint density at radius 2 is 1.65 bits per heavy atom. The zero-order chi connectivity index (χ0) is 14.5. The van der Waals surface area contributed by atoms with Crippen LogP contribution in [0.1, 0.15) is 44.7 Å². The van der Waals surface area contributed by atoms with Crippen LogP contribution in [-0.2, 0) is 5.75 Å². The van der Waals surface area contributed by atoms with Crippen LogP contribution >= 0.6 is 34.9 Å². The SMILES string of the molecule is CC(C)Sc1nnc(SCc2ccc(C(C)C)cc2)s1. The first kappa shape index (κ1) is 15.9. The average molecular weight is 325 g/mol. The summed E-state index contributed by atoms with van der Waals surface area (Å²) in [5.41, 5.74) is 2.73. The summed E-state index contributed by atoms with van der Waals surface area (Å²) in [7, 11) is 0. The molecule has 5 heteroatoms. The second-order valence-electron chi connectivity index (χ2n) is 5.19. The topological polar surface area (TPSA) is 25.8 Å². The zero-order valence-corrected chi connectivity index (χ0v) is 14.7. The summed E-state index contributed by atoms with van der Waals surface area (Å²) in [4.78, 5) is 0. The van der Waals surface area contributed by atoms with E-state index >= 15 is 0 Å². The largest absolute Gasteiger partial charge is 0.175 e. The van der Waals surface area contributed by atoms with Crippen molar-refractivity contribution in [3.05, 3.63) is 35.4 Å². The van der Waals surface area contributed by atoms with Gasteiger partial charge < -0.3 is 0 Å². The summed E-state index contributed by atoms with van der Waals surface area (Å²) in [6.45, 7) is 8.79. The fourth-order valence-corrected chi connectivity index (χ4v) is 4.85. The van der Waals surface area contributed by atoms with Gasteiger partial charge in [-0.15, -0.1) is 10.2 Å². The Morgan fingerprint density at radius 3 is 2.25 bits per heavy atom. The van der Waals surface area contributed by atoms with Gasteiger partial charge in [0.15, 0.2) is 8.68 Å². The highest BCUT2D eigenvalue weighted by molar-refractivity contribution is 8.03. The van der Waals surface area contributed by atoms with E-state index in [-0.39, 0.29) is 0 Å². The van der Waals surface area contributed by atoms with Crippen LogP contribution in [0.15, 0.2) is 32.9 Å². The van der Waals surface area contributed by atoms with Gasteiger partial charge >= 0.3 is 0 Å². The number of hydrogen-bond donors (Lipinski definition) is 0. The van der Waals surface area contributed by atoms with E-state index in [1.165, 1.54) is 11.1 Å². The molecule has 0 aliphatic carbocycles. The lowest BCUT2D eigenvalue weighted by atomic mass is 10.0. The van der Waals surface area contributed by atoms with Crippen molar-refractivity contribution < 1.29 is 0 Å². The number of thioether (sulfide) groups is 2. The molecule has 0 fully saturated rings. The van der Waals surface area contributed by atoms with Crippen molar-refractivity contribution in [2.45, 2.75) is 53.3 Å². The predicted molar refractivity (Wildman–Crippen MR) is 91.0 cm³/mol. The Labute approximate surface area is 133 Å². The van der Waals surface area contributed by atoms with Crippen molar-refractivity contribution in [1.82, 2.24) is 10.2 Å². The third kappa shape index (κ3) is 4.79. The minimum Gasteiger partial charge on any atom is -0.131 e. The Morgan fingerprint density at radius 1 is 1.00 bits per heavy atom. The molecule has 0 spiro atoms. The number of rotatable bonds is 6. The van der Waals surface area contributed by atoms with E-state index in [4.69, 9.17) is 0 Å². The molecular formula is C15H20N2S3. The van der Waals surface area contributed by atoms with E-state index in [0.717, 1.165) is 14.4 Å². The molecule has 20 heavy (non-hydrogen) atoms. The molecule has 0 N–H and O–H groups in total. The summed E-state index contributed by atoms with van der Waals surface area (Å²) in [6.07, 6.45) is 0. The van der Waals surface area contributed by atoms with Gasteiger partial charge in [-0.3, -0.25) is 0 Å². The van der Waals surface area contributed by atoms with Gasteiger partial charge in [0.05, 0.1) is 0 Å². The summed E-state index contributed by atoms with van der Waals surface area (Å²) in [5, 5.41) is 9.02. The van der Waals surface area contributed by atoms with E-state index in [9.17, 15) is 0 Å². The van der Waals surface area contributed by atoms with Crippen LogP contribution in [0.5, 0.6) is 0 Å². The van der Waals surface area contributed by atoms with E-state index in [1.807, 2.05) is 0 Å². The quantitative estimate of drug-likeness (QED) is 0.659. The number of benzene rings is 1. The normalized spacial score (nSPS) is 11.5. The lowest BCUT2D eigenvalue weighted by Gasteiger charge is -2.06. The Hall–Kier alpha value is -0.520. The Bertz CT molecular complexity index is 532. The molecule has 1 heterocycles. The van der Waals surface area contributed by atoms with E-state index < -0.39 is 0 Å². The second kappa shape index (κ2) is 7.48. The molecule has 0 amide bonds. The number of nitrogens with zero attached hydrogens (tertiary/aromatic N) is 2. The van der Waals surface area contributed by atoms with E-state index in [2.05, 4.69) is 62.2 Å². The van der Waals surface area contributed by atoms with Crippen LogP contribution in [0.3, 0.4) is 0 Å². The molecule has 0 atom stereocenters. The van der Waals surface area contributed by atoms with E-state index in [1.54, 1.807) is 34.9 Å². The van der Waals surface area contributed by atoms with Crippen molar-refractivity contribution in [2.24, 2.45) is 0 Å². The first-order chi connectivity index (χ1) is 9.54. The molecule has 0 bridgehead atoms. The molecular weight excluding hydrogens is 304 g/mol. The lowest BCUT2D eigenvalue weighted by Crippen LogP contribution is -1.87. The van der Waals surface area contributed by atoms with Crippen molar-refractivity contribution in [1.29, 1.82) is 0 Å². The third-order valence-corrected chi connectivity index (χ3v) is 5.95. The minimum atomic E-state index is 0.560. The highest BCUT2D eigenvalue weighted by atomic mass is 32.2. The molecule has 0 unspecified atom stereocenters. The fourth-order valence-electron chi connectivity index (χ4n) is 1.65. The molecule has 2 nitrogen and oxygen atoms in total. The molecule has 2 aromatic rings. The van der Waals surface area contributed by atoms with Gasteiger partial charge in [0.1, 0.15) is 0 Å². The Kier molecular flexibility index (Phi) is 5.93. The first-order valence-corrected chi connectivity index (χ1v) is 9.44. The standard InChI is InChI=1S/C15H20N2S3/c1-10(2)13-7-5-12(6-8-13)9-18-14-16-17-15(20-14)19-11(3)4/h5-8,10-11H,9H2,1-4H3. The number of hydrogen-bond acceptors (Lipinski definition) is 5. The second-order valence-corrected chi connectivity index (χ2v) is 9.21. The first-order valence-electron chi connectivity index (χ1n) is 6.76. The summed E-state index contributed by atoms with van der Waals surface area (Å²) < 4.78 is 2.12. The minimum absolute atomic E-state index is 0.560. The molecule has 0 saturated carbocycles. The van der Waals surface area contributed by atoms with Gasteiger partial charge in [-0.05, 0) is 17.0 Å². The lowest BCUT2D eigenvalue weighted by molar-refractivity contribution is 0.866. The molecule has 2 rings (SSSR count). The van der Waals surface area contributed by atoms with Gasteiger partial charge in [0.2, 0.25) is 0 Å². The highest BCUT2D eigenvalue weighted by Crippen LogP contribution is 2.32. The number of aromatic nitrogens is 2. The van der Waals surface area contributed by atoms with Gasteiger partial charge in [0.25, 0.3) is 0 Å². The van der Waals surface area contributed by atoms with Crippen LogP contribution in [0.25, 0.3) is 0 Å². The smallest absolute Gasteiger partial charge is 0.131 e.